The number of nitriles is 1. The first kappa shape index (κ1) is 12.2. The van der Waals surface area contributed by atoms with Crippen molar-refractivity contribution in [3.63, 3.8) is 0 Å². The van der Waals surface area contributed by atoms with E-state index in [9.17, 15) is 0 Å². The molecule has 1 unspecified atom stereocenters. The summed E-state index contributed by atoms with van der Waals surface area (Å²) in [6.45, 7) is 1.93. The van der Waals surface area contributed by atoms with Crippen LogP contribution in [0.5, 0.6) is 5.75 Å². The van der Waals surface area contributed by atoms with Crippen LogP contribution in [0.4, 0.5) is 0 Å². The minimum absolute atomic E-state index is 0.221. The molecule has 0 radical (unpaired) electrons. The lowest BCUT2D eigenvalue weighted by Gasteiger charge is -2.12. The van der Waals surface area contributed by atoms with E-state index in [1.165, 1.54) is 7.11 Å². The Labute approximate surface area is 99.4 Å². The molecule has 4 heteroatoms. The molecule has 1 aromatic carbocycles. The molecule has 0 aromatic heterocycles. The van der Waals surface area contributed by atoms with Gasteiger partial charge in [0, 0.05) is 0 Å². The molecular weight excluding hydrogens is 233 g/mol. The highest BCUT2D eigenvalue weighted by Crippen LogP contribution is 2.38. The zero-order chi connectivity index (χ0) is 11.4. The van der Waals surface area contributed by atoms with Crippen molar-refractivity contribution in [1.82, 2.24) is 0 Å². The average Bonchev–Trinajstić information content (AvgIpc) is 2.26. The molecule has 1 rings (SSSR count). The maximum absolute atomic E-state index is 8.94. The van der Waals surface area contributed by atoms with Crippen molar-refractivity contribution in [1.29, 1.82) is 5.26 Å². The zero-order valence-corrected chi connectivity index (χ0v) is 10.1. The maximum atomic E-state index is 8.94. The lowest BCUT2D eigenvalue weighted by Crippen LogP contribution is -1.96. The summed E-state index contributed by atoms with van der Waals surface area (Å²) in [6, 6.07) is 5.70. The van der Waals surface area contributed by atoms with Gasteiger partial charge in [0.05, 0.1) is 24.1 Å². The molecule has 0 aliphatic carbocycles. The third kappa shape index (κ3) is 2.37. The fourth-order valence-electron chi connectivity index (χ4n) is 1.35. The number of ether oxygens (including phenoxy) is 1. The number of halogens is 2. The first-order valence-corrected chi connectivity index (χ1v) is 5.32. The summed E-state index contributed by atoms with van der Waals surface area (Å²) in [7, 11) is 1.53. The number of methoxy groups -OCH3 is 1. The predicted octanol–water partition coefficient (Wildman–Crippen LogP) is 4.02. The van der Waals surface area contributed by atoms with Crippen LogP contribution >= 0.6 is 23.2 Å². The van der Waals surface area contributed by atoms with Crippen LogP contribution in [0.25, 0.3) is 0 Å². The molecule has 15 heavy (non-hydrogen) atoms. The number of rotatable bonds is 3. The molecule has 0 amide bonds. The van der Waals surface area contributed by atoms with Crippen LogP contribution in [-0.2, 0) is 0 Å². The highest BCUT2D eigenvalue weighted by molar-refractivity contribution is 6.43. The van der Waals surface area contributed by atoms with Gasteiger partial charge in [-0.2, -0.15) is 5.26 Å². The quantitative estimate of drug-likeness (QED) is 0.804. The van der Waals surface area contributed by atoms with Crippen molar-refractivity contribution in [2.24, 2.45) is 0 Å². The van der Waals surface area contributed by atoms with Gasteiger partial charge in [-0.25, -0.2) is 0 Å². The normalized spacial score (nSPS) is 11.9. The summed E-state index contributed by atoms with van der Waals surface area (Å²) in [5, 5.41) is 9.71. The van der Waals surface area contributed by atoms with E-state index in [0.717, 1.165) is 5.56 Å². The molecule has 80 valence electrons. The Morgan fingerprint density at radius 1 is 1.40 bits per heavy atom. The van der Waals surface area contributed by atoms with Crippen LogP contribution in [0.3, 0.4) is 0 Å². The van der Waals surface area contributed by atoms with Gasteiger partial charge in [-0.05, 0) is 18.1 Å². The summed E-state index contributed by atoms with van der Waals surface area (Å²) < 4.78 is 5.03. The van der Waals surface area contributed by atoms with E-state index in [2.05, 4.69) is 6.07 Å². The molecule has 0 bridgehead atoms. The van der Waals surface area contributed by atoms with E-state index in [1.807, 2.05) is 6.92 Å². The summed E-state index contributed by atoms with van der Waals surface area (Å²) in [6.07, 6.45) is 0.707. The summed E-state index contributed by atoms with van der Waals surface area (Å²) in [5.74, 6) is 0.305. The number of hydrogen-bond donors (Lipinski definition) is 0. The molecular formula is C11H11Cl2NO. The number of benzene rings is 1. The maximum Gasteiger partial charge on any atom is 0.138 e. The van der Waals surface area contributed by atoms with Gasteiger partial charge in [-0.3, -0.25) is 0 Å². The summed E-state index contributed by atoms with van der Waals surface area (Å²) in [4.78, 5) is 0. The van der Waals surface area contributed by atoms with Crippen molar-refractivity contribution in [3.05, 3.63) is 27.7 Å². The van der Waals surface area contributed by atoms with E-state index in [4.69, 9.17) is 33.2 Å². The summed E-state index contributed by atoms with van der Waals surface area (Å²) in [5.41, 5.74) is 0.757. The Morgan fingerprint density at radius 3 is 2.53 bits per heavy atom. The van der Waals surface area contributed by atoms with E-state index in [0.29, 0.717) is 22.2 Å². The van der Waals surface area contributed by atoms with E-state index in [-0.39, 0.29) is 5.92 Å². The Balaban J connectivity index is 3.23. The lowest BCUT2D eigenvalue weighted by atomic mass is 9.98. The second-order valence-corrected chi connectivity index (χ2v) is 3.83. The van der Waals surface area contributed by atoms with Crippen LogP contribution < -0.4 is 4.74 Å². The zero-order valence-electron chi connectivity index (χ0n) is 8.55. The van der Waals surface area contributed by atoms with Crippen LogP contribution in [0.15, 0.2) is 12.1 Å². The van der Waals surface area contributed by atoms with E-state index >= 15 is 0 Å². The summed E-state index contributed by atoms with van der Waals surface area (Å²) >= 11 is 12.1. The van der Waals surface area contributed by atoms with Gasteiger partial charge in [-0.15, -0.1) is 0 Å². The molecule has 0 N–H and O–H groups in total. The Hall–Kier alpha value is -0.910. The topological polar surface area (TPSA) is 33.0 Å². The number of hydrogen-bond acceptors (Lipinski definition) is 2. The predicted molar refractivity (Wildman–Crippen MR) is 61.7 cm³/mol. The van der Waals surface area contributed by atoms with Gasteiger partial charge in [0.2, 0.25) is 0 Å². The highest BCUT2D eigenvalue weighted by atomic mass is 35.5. The molecule has 0 spiro atoms. The minimum Gasteiger partial charge on any atom is -0.495 e. The van der Waals surface area contributed by atoms with Crippen LogP contribution in [0.1, 0.15) is 24.8 Å². The molecule has 0 aliphatic rings. The van der Waals surface area contributed by atoms with Gasteiger partial charge < -0.3 is 4.74 Å². The highest BCUT2D eigenvalue weighted by Gasteiger charge is 2.16. The van der Waals surface area contributed by atoms with Crippen molar-refractivity contribution >= 4 is 23.2 Å². The van der Waals surface area contributed by atoms with Crippen molar-refractivity contribution in [2.45, 2.75) is 19.3 Å². The van der Waals surface area contributed by atoms with Crippen molar-refractivity contribution < 1.29 is 4.74 Å². The third-order valence-electron chi connectivity index (χ3n) is 2.24. The lowest BCUT2D eigenvalue weighted by molar-refractivity contribution is 0.415. The molecule has 0 saturated heterocycles. The van der Waals surface area contributed by atoms with Crippen molar-refractivity contribution in [2.75, 3.05) is 7.11 Å². The number of nitrogens with zero attached hydrogens (tertiary/aromatic N) is 1. The monoisotopic (exact) mass is 243 g/mol. The molecule has 0 heterocycles. The molecule has 1 atom stereocenters. The molecule has 2 nitrogen and oxygen atoms in total. The Kier molecular flexibility index (Phi) is 4.26. The van der Waals surface area contributed by atoms with E-state index < -0.39 is 0 Å². The third-order valence-corrected chi connectivity index (χ3v) is 3.12. The van der Waals surface area contributed by atoms with E-state index in [1.54, 1.807) is 12.1 Å². The fourth-order valence-corrected chi connectivity index (χ4v) is 1.89. The van der Waals surface area contributed by atoms with Crippen LogP contribution in [-0.4, -0.2) is 7.11 Å². The second-order valence-electron chi connectivity index (χ2n) is 3.07. The first-order chi connectivity index (χ1) is 7.15. The fraction of sp³-hybridized carbons (Fsp3) is 0.364. The standard InChI is InChI=1S/C11H11Cl2NO/c1-3-7(6-14)8-4-5-9(15-2)11(13)10(8)12/h4-5,7H,3H2,1-2H3. The van der Waals surface area contributed by atoms with Gasteiger partial charge in [0.1, 0.15) is 10.8 Å². The van der Waals surface area contributed by atoms with Gasteiger partial charge >= 0.3 is 0 Å². The smallest absolute Gasteiger partial charge is 0.138 e. The molecule has 0 fully saturated rings. The van der Waals surface area contributed by atoms with Gasteiger partial charge in [0.15, 0.2) is 0 Å². The molecule has 0 aliphatic heterocycles. The minimum atomic E-state index is -0.221. The van der Waals surface area contributed by atoms with Crippen LogP contribution in [0, 0.1) is 11.3 Å². The average molecular weight is 244 g/mol. The Morgan fingerprint density at radius 2 is 2.07 bits per heavy atom. The first-order valence-electron chi connectivity index (χ1n) is 4.57. The van der Waals surface area contributed by atoms with Crippen molar-refractivity contribution in [3.8, 4) is 11.8 Å². The Bertz CT molecular complexity index is 398. The molecule has 0 saturated carbocycles. The molecule has 1 aromatic rings. The van der Waals surface area contributed by atoms with Gasteiger partial charge in [-0.1, -0.05) is 36.2 Å². The van der Waals surface area contributed by atoms with Crippen LogP contribution in [0.2, 0.25) is 10.0 Å². The van der Waals surface area contributed by atoms with Gasteiger partial charge in [0.25, 0.3) is 0 Å². The second kappa shape index (κ2) is 5.25. The largest absolute Gasteiger partial charge is 0.495 e. The SMILES string of the molecule is CCC(C#N)c1ccc(OC)c(Cl)c1Cl.